The Balaban J connectivity index is 1.69. The number of hydrogen-bond acceptors (Lipinski definition) is 4. The number of benzene rings is 1. The quantitative estimate of drug-likeness (QED) is 0.864. The maximum atomic E-state index is 6.06. The molecule has 5 heteroatoms. The van der Waals surface area contributed by atoms with Gasteiger partial charge in [-0.1, -0.05) is 12.1 Å². The highest BCUT2D eigenvalue weighted by atomic mass is 32.2. The second kappa shape index (κ2) is 5.06. The Bertz CT molecular complexity index is 469. The molecule has 0 spiro atoms. The molecule has 3 rings (SSSR count). The SMILES string of the molecule is CC1(C)OB(c2ccc(SC3CNC3)cc2)OC1(C)C. The molecular weight excluding hydrogens is 269 g/mol. The third-order valence-electron chi connectivity index (χ3n) is 4.45. The molecule has 0 aromatic heterocycles. The second-order valence-corrected chi connectivity index (χ2v) is 7.93. The van der Waals surface area contributed by atoms with Crippen molar-refractivity contribution in [2.75, 3.05) is 13.1 Å². The van der Waals surface area contributed by atoms with Crippen molar-refractivity contribution in [3.63, 3.8) is 0 Å². The molecule has 1 N–H and O–H groups in total. The van der Waals surface area contributed by atoms with Crippen LogP contribution in [0.15, 0.2) is 29.2 Å². The summed E-state index contributed by atoms with van der Waals surface area (Å²) in [6.45, 7) is 10.6. The van der Waals surface area contributed by atoms with Crippen LogP contribution in [0.25, 0.3) is 0 Å². The van der Waals surface area contributed by atoms with Crippen LogP contribution >= 0.6 is 11.8 Å². The van der Waals surface area contributed by atoms with Crippen molar-refractivity contribution < 1.29 is 9.31 Å². The van der Waals surface area contributed by atoms with Crippen LogP contribution in [0.3, 0.4) is 0 Å². The molecule has 0 bridgehead atoms. The third kappa shape index (κ3) is 2.64. The van der Waals surface area contributed by atoms with E-state index in [4.69, 9.17) is 9.31 Å². The van der Waals surface area contributed by atoms with Gasteiger partial charge in [-0.15, -0.1) is 11.8 Å². The molecule has 3 nitrogen and oxygen atoms in total. The first-order valence-corrected chi connectivity index (χ1v) is 8.08. The van der Waals surface area contributed by atoms with Crippen molar-refractivity contribution in [1.82, 2.24) is 5.32 Å². The maximum absolute atomic E-state index is 6.06. The highest BCUT2D eigenvalue weighted by Gasteiger charge is 2.51. The second-order valence-electron chi connectivity index (χ2n) is 6.56. The van der Waals surface area contributed by atoms with Gasteiger partial charge in [-0.25, -0.2) is 0 Å². The van der Waals surface area contributed by atoms with Crippen LogP contribution in [0.4, 0.5) is 0 Å². The van der Waals surface area contributed by atoms with Gasteiger partial charge in [0.2, 0.25) is 0 Å². The van der Waals surface area contributed by atoms with Gasteiger partial charge in [0.25, 0.3) is 0 Å². The van der Waals surface area contributed by atoms with E-state index in [0.29, 0.717) is 0 Å². The lowest BCUT2D eigenvalue weighted by Gasteiger charge is -2.32. The Hall–Kier alpha value is -0.485. The molecule has 2 fully saturated rings. The largest absolute Gasteiger partial charge is 0.494 e. The Kier molecular flexibility index (Phi) is 3.65. The van der Waals surface area contributed by atoms with Gasteiger partial charge in [0, 0.05) is 23.2 Å². The van der Waals surface area contributed by atoms with E-state index in [9.17, 15) is 0 Å². The Morgan fingerprint density at radius 3 is 2.05 bits per heavy atom. The average molecular weight is 291 g/mol. The van der Waals surface area contributed by atoms with Crippen LogP contribution in [0.5, 0.6) is 0 Å². The van der Waals surface area contributed by atoms with Gasteiger partial charge in [0.05, 0.1) is 11.2 Å². The molecule has 20 heavy (non-hydrogen) atoms. The Morgan fingerprint density at radius 2 is 1.60 bits per heavy atom. The molecule has 0 unspecified atom stereocenters. The van der Waals surface area contributed by atoms with Crippen molar-refractivity contribution in [1.29, 1.82) is 0 Å². The van der Waals surface area contributed by atoms with Gasteiger partial charge in [-0.05, 0) is 45.3 Å². The van der Waals surface area contributed by atoms with E-state index < -0.39 is 0 Å². The fourth-order valence-electron chi connectivity index (χ4n) is 2.22. The summed E-state index contributed by atoms with van der Waals surface area (Å²) >= 11 is 1.94. The summed E-state index contributed by atoms with van der Waals surface area (Å²) in [7, 11) is -0.260. The summed E-state index contributed by atoms with van der Waals surface area (Å²) < 4.78 is 12.1. The minimum absolute atomic E-state index is 0.260. The minimum Gasteiger partial charge on any atom is -0.399 e. The van der Waals surface area contributed by atoms with Crippen molar-refractivity contribution in [2.45, 2.75) is 49.0 Å². The van der Waals surface area contributed by atoms with Gasteiger partial charge in [-0.2, -0.15) is 0 Å². The van der Waals surface area contributed by atoms with E-state index in [1.807, 2.05) is 11.8 Å². The lowest BCUT2D eigenvalue weighted by Crippen LogP contribution is -2.44. The molecule has 108 valence electrons. The van der Waals surface area contributed by atoms with Gasteiger partial charge in [0.1, 0.15) is 0 Å². The predicted octanol–water partition coefficient (Wildman–Crippen LogP) is 2.05. The lowest BCUT2D eigenvalue weighted by molar-refractivity contribution is 0.00578. The summed E-state index contributed by atoms with van der Waals surface area (Å²) in [5.41, 5.74) is 0.547. The fraction of sp³-hybridized carbons (Fsp3) is 0.600. The van der Waals surface area contributed by atoms with Crippen molar-refractivity contribution in [2.24, 2.45) is 0 Å². The summed E-state index contributed by atoms with van der Waals surface area (Å²) in [5, 5.41) is 4.01. The van der Waals surface area contributed by atoms with Gasteiger partial charge in [0.15, 0.2) is 0 Å². The zero-order valence-corrected chi connectivity index (χ0v) is 13.4. The summed E-state index contributed by atoms with van der Waals surface area (Å²) in [6, 6.07) is 8.58. The first-order valence-electron chi connectivity index (χ1n) is 7.20. The first-order chi connectivity index (χ1) is 9.37. The van der Waals surface area contributed by atoms with Gasteiger partial charge in [-0.3, -0.25) is 0 Å². The molecule has 0 atom stereocenters. The normalized spacial score (nSPS) is 24.7. The highest BCUT2D eigenvalue weighted by Crippen LogP contribution is 2.36. The van der Waals surface area contributed by atoms with E-state index >= 15 is 0 Å². The van der Waals surface area contributed by atoms with Crippen molar-refractivity contribution in [3.05, 3.63) is 24.3 Å². The third-order valence-corrected chi connectivity index (χ3v) is 5.66. The van der Waals surface area contributed by atoms with Crippen LogP contribution in [-0.4, -0.2) is 36.7 Å². The molecule has 2 heterocycles. The molecule has 2 saturated heterocycles. The molecule has 0 amide bonds. The minimum atomic E-state index is -0.275. The summed E-state index contributed by atoms with van der Waals surface area (Å²) in [4.78, 5) is 1.32. The molecule has 0 radical (unpaired) electrons. The topological polar surface area (TPSA) is 30.5 Å². The van der Waals surface area contributed by atoms with E-state index in [2.05, 4.69) is 57.3 Å². The smallest absolute Gasteiger partial charge is 0.399 e. The van der Waals surface area contributed by atoms with E-state index in [0.717, 1.165) is 23.8 Å². The number of thioether (sulfide) groups is 1. The summed E-state index contributed by atoms with van der Waals surface area (Å²) in [5.74, 6) is 0. The van der Waals surface area contributed by atoms with Gasteiger partial charge >= 0.3 is 7.12 Å². The van der Waals surface area contributed by atoms with Crippen LogP contribution in [-0.2, 0) is 9.31 Å². The lowest BCUT2D eigenvalue weighted by atomic mass is 9.79. The molecule has 0 aliphatic carbocycles. The van der Waals surface area contributed by atoms with Crippen LogP contribution in [0.2, 0.25) is 0 Å². The highest BCUT2D eigenvalue weighted by molar-refractivity contribution is 8.00. The first kappa shape index (κ1) is 14.5. The van der Waals surface area contributed by atoms with Crippen molar-refractivity contribution >= 4 is 24.3 Å². The predicted molar refractivity (Wildman–Crippen MR) is 84.7 cm³/mol. The molecule has 1 aromatic carbocycles. The number of hydrogen-bond donors (Lipinski definition) is 1. The Morgan fingerprint density at radius 1 is 1.05 bits per heavy atom. The maximum Gasteiger partial charge on any atom is 0.494 e. The average Bonchev–Trinajstić information content (AvgIpc) is 2.54. The zero-order chi connectivity index (χ0) is 14.4. The van der Waals surface area contributed by atoms with Crippen molar-refractivity contribution in [3.8, 4) is 0 Å². The number of nitrogens with one attached hydrogen (secondary N) is 1. The molecule has 1 aromatic rings. The number of rotatable bonds is 3. The van der Waals surface area contributed by atoms with E-state index in [-0.39, 0.29) is 18.3 Å². The summed E-state index contributed by atoms with van der Waals surface area (Å²) in [6.07, 6.45) is 0. The van der Waals surface area contributed by atoms with E-state index in [1.165, 1.54) is 4.90 Å². The molecule has 2 aliphatic heterocycles. The van der Waals surface area contributed by atoms with Crippen LogP contribution in [0, 0.1) is 0 Å². The molecule has 2 aliphatic rings. The van der Waals surface area contributed by atoms with Crippen LogP contribution in [0.1, 0.15) is 27.7 Å². The zero-order valence-electron chi connectivity index (χ0n) is 12.6. The fourth-order valence-corrected chi connectivity index (χ4v) is 3.30. The molecular formula is C15H22BNO2S. The monoisotopic (exact) mass is 291 g/mol. The van der Waals surface area contributed by atoms with Gasteiger partial charge < -0.3 is 14.6 Å². The molecule has 0 saturated carbocycles. The Labute approximate surface area is 125 Å². The standard InChI is InChI=1S/C15H22BNO2S/c1-14(2)15(3,4)19-16(18-14)11-5-7-12(8-6-11)20-13-9-17-10-13/h5-8,13,17H,9-10H2,1-4H3. The van der Waals surface area contributed by atoms with E-state index in [1.54, 1.807) is 0 Å². The van der Waals surface area contributed by atoms with Crippen LogP contribution < -0.4 is 10.8 Å².